The summed E-state index contributed by atoms with van der Waals surface area (Å²) in [5.41, 5.74) is 1.49. The predicted octanol–water partition coefficient (Wildman–Crippen LogP) is 7.06. The number of ether oxygens (including phenoxy) is 1. The minimum atomic E-state index is -0.852. The predicted molar refractivity (Wildman–Crippen MR) is 104 cm³/mol. The van der Waals surface area contributed by atoms with Gasteiger partial charge in [-0.25, -0.2) is 13.2 Å². The Morgan fingerprint density at radius 3 is 2.26 bits per heavy atom. The van der Waals surface area contributed by atoms with Crippen molar-refractivity contribution in [1.29, 1.82) is 0 Å². The molecule has 0 heterocycles. The highest BCUT2D eigenvalue weighted by atomic mass is 19.1. The number of unbranched alkanes of at least 4 members (excludes halogenated alkanes) is 3. The van der Waals surface area contributed by atoms with E-state index in [1.54, 1.807) is 18.2 Å². The fraction of sp³-hybridized carbons (Fsp3) is 0.304. The van der Waals surface area contributed by atoms with Crippen molar-refractivity contribution in [3.8, 4) is 16.9 Å². The van der Waals surface area contributed by atoms with Crippen LogP contribution < -0.4 is 4.74 Å². The van der Waals surface area contributed by atoms with Crippen LogP contribution in [0.3, 0.4) is 0 Å². The van der Waals surface area contributed by atoms with Gasteiger partial charge in [0.25, 0.3) is 0 Å². The van der Waals surface area contributed by atoms with Gasteiger partial charge in [-0.1, -0.05) is 56.5 Å². The zero-order chi connectivity index (χ0) is 19.4. The minimum Gasteiger partial charge on any atom is -0.491 e. The summed E-state index contributed by atoms with van der Waals surface area (Å²) in [7, 11) is 1.19. The van der Waals surface area contributed by atoms with E-state index in [0.717, 1.165) is 30.4 Å². The van der Waals surface area contributed by atoms with Gasteiger partial charge in [-0.05, 0) is 41.5 Å². The molecule has 0 amide bonds. The van der Waals surface area contributed by atoms with Crippen LogP contribution in [0.2, 0.25) is 0 Å². The van der Waals surface area contributed by atoms with E-state index < -0.39 is 23.2 Å². The Labute approximate surface area is 157 Å². The summed E-state index contributed by atoms with van der Waals surface area (Å²) >= 11 is 0. The fourth-order valence-electron chi connectivity index (χ4n) is 3.39. The van der Waals surface area contributed by atoms with Crippen molar-refractivity contribution in [1.82, 2.24) is 0 Å². The van der Waals surface area contributed by atoms with Gasteiger partial charge in [-0.3, -0.25) is 0 Å². The second kappa shape index (κ2) is 8.47. The van der Waals surface area contributed by atoms with Gasteiger partial charge in [0.2, 0.25) is 0 Å². The number of benzene rings is 3. The average molecular weight is 372 g/mol. The molecule has 3 aromatic carbocycles. The van der Waals surface area contributed by atoms with Crippen LogP contribution in [0.25, 0.3) is 21.9 Å². The molecular formula is C23H23F3O. The van der Waals surface area contributed by atoms with Crippen molar-refractivity contribution >= 4 is 10.8 Å². The third kappa shape index (κ3) is 4.10. The van der Waals surface area contributed by atoms with Crippen LogP contribution in [-0.2, 0) is 6.42 Å². The molecule has 0 saturated heterocycles. The van der Waals surface area contributed by atoms with E-state index in [1.165, 1.54) is 31.9 Å². The zero-order valence-corrected chi connectivity index (χ0v) is 15.6. The van der Waals surface area contributed by atoms with Gasteiger partial charge in [0.1, 0.15) is 5.82 Å². The van der Waals surface area contributed by atoms with Crippen LogP contribution in [0.15, 0.2) is 42.5 Å². The third-order valence-electron chi connectivity index (χ3n) is 4.85. The van der Waals surface area contributed by atoms with Crippen LogP contribution in [-0.4, -0.2) is 7.11 Å². The van der Waals surface area contributed by atoms with Gasteiger partial charge < -0.3 is 4.74 Å². The number of hydrogen-bond acceptors (Lipinski definition) is 1. The molecule has 0 saturated carbocycles. The maximum absolute atomic E-state index is 15.0. The molecule has 0 bridgehead atoms. The fourth-order valence-corrected chi connectivity index (χ4v) is 3.39. The molecule has 0 unspecified atom stereocenters. The molecule has 3 rings (SSSR count). The van der Waals surface area contributed by atoms with Crippen molar-refractivity contribution < 1.29 is 17.9 Å². The smallest absolute Gasteiger partial charge is 0.190 e. The molecule has 0 aliphatic carbocycles. The van der Waals surface area contributed by atoms with E-state index in [-0.39, 0.29) is 11.1 Å². The second-order valence-electron chi connectivity index (χ2n) is 6.77. The molecular weight excluding hydrogens is 349 g/mol. The summed E-state index contributed by atoms with van der Waals surface area (Å²) in [5, 5.41) is 1.24. The van der Waals surface area contributed by atoms with Gasteiger partial charge in [-0.15, -0.1) is 0 Å². The lowest BCUT2D eigenvalue weighted by atomic mass is 9.97. The first-order valence-corrected chi connectivity index (χ1v) is 9.29. The molecule has 27 heavy (non-hydrogen) atoms. The highest BCUT2D eigenvalue weighted by Gasteiger charge is 2.16. The number of aryl methyl sites for hydroxylation is 1. The molecule has 0 N–H and O–H groups in total. The molecule has 4 heteroatoms. The van der Waals surface area contributed by atoms with Crippen molar-refractivity contribution in [3.05, 3.63) is 65.5 Å². The van der Waals surface area contributed by atoms with E-state index in [2.05, 4.69) is 11.7 Å². The third-order valence-corrected chi connectivity index (χ3v) is 4.85. The molecule has 142 valence electrons. The van der Waals surface area contributed by atoms with Crippen LogP contribution in [0, 0.1) is 17.5 Å². The molecule has 0 aliphatic rings. The first kappa shape index (κ1) is 19.3. The van der Waals surface area contributed by atoms with Gasteiger partial charge in [0, 0.05) is 10.9 Å². The van der Waals surface area contributed by atoms with E-state index >= 15 is 4.39 Å². The van der Waals surface area contributed by atoms with Crippen molar-refractivity contribution in [3.63, 3.8) is 0 Å². The SMILES string of the molecule is CCCCCCc1ccc2c(F)c(-c3cc(F)c(OC)c(F)c3)ccc2c1. The monoisotopic (exact) mass is 372 g/mol. The summed E-state index contributed by atoms with van der Waals surface area (Å²) in [6, 6.07) is 11.2. The maximum atomic E-state index is 15.0. The average Bonchev–Trinajstić information content (AvgIpc) is 2.65. The topological polar surface area (TPSA) is 9.23 Å². The largest absolute Gasteiger partial charge is 0.491 e. The molecule has 0 fully saturated rings. The van der Waals surface area contributed by atoms with Crippen LogP contribution >= 0.6 is 0 Å². The lowest BCUT2D eigenvalue weighted by Crippen LogP contribution is -1.95. The Kier molecular flexibility index (Phi) is 6.04. The van der Waals surface area contributed by atoms with E-state index in [1.807, 2.05) is 12.1 Å². The Bertz CT molecular complexity index is 927. The quantitative estimate of drug-likeness (QED) is 0.404. The Hall–Kier alpha value is -2.49. The maximum Gasteiger partial charge on any atom is 0.190 e. The lowest BCUT2D eigenvalue weighted by molar-refractivity contribution is 0.360. The highest BCUT2D eigenvalue weighted by Crippen LogP contribution is 2.33. The van der Waals surface area contributed by atoms with Crippen molar-refractivity contribution in [2.24, 2.45) is 0 Å². The number of hydrogen-bond donors (Lipinski definition) is 0. The molecule has 0 aromatic heterocycles. The van der Waals surface area contributed by atoms with Crippen LogP contribution in [0.5, 0.6) is 5.75 Å². The molecule has 0 aliphatic heterocycles. The Morgan fingerprint density at radius 1 is 0.852 bits per heavy atom. The summed E-state index contributed by atoms with van der Waals surface area (Å²) in [4.78, 5) is 0. The van der Waals surface area contributed by atoms with Gasteiger partial charge in [0.15, 0.2) is 17.4 Å². The number of halogens is 3. The normalized spacial score (nSPS) is 11.1. The molecule has 3 aromatic rings. The van der Waals surface area contributed by atoms with E-state index in [4.69, 9.17) is 0 Å². The molecule has 0 spiro atoms. The molecule has 1 nitrogen and oxygen atoms in total. The number of methoxy groups -OCH3 is 1. The van der Waals surface area contributed by atoms with Gasteiger partial charge in [0.05, 0.1) is 7.11 Å². The summed E-state index contributed by atoms with van der Waals surface area (Å²) in [6.45, 7) is 2.18. The first-order valence-electron chi connectivity index (χ1n) is 9.29. The lowest BCUT2D eigenvalue weighted by Gasteiger charge is -2.11. The molecule has 0 radical (unpaired) electrons. The standard InChI is InChI=1S/C23H23F3O/c1-3-4-5-6-7-15-8-10-18-16(12-15)9-11-19(22(18)26)17-13-20(24)23(27-2)21(25)14-17/h8-14H,3-7H2,1-2H3. The second-order valence-corrected chi connectivity index (χ2v) is 6.77. The zero-order valence-electron chi connectivity index (χ0n) is 15.6. The molecule has 0 atom stereocenters. The van der Waals surface area contributed by atoms with E-state index in [0.29, 0.717) is 5.39 Å². The Balaban J connectivity index is 1.94. The van der Waals surface area contributed by atoms with Crippen molar-refractivity contribution in [2.75, 3.05) is 7.11 Å². The Morgan fingerprint density at radius 2 is 1.59 bits per heavy atom. The highest BCUT2D eigenvalue weighted by molar-refractivity contribution is 5.88. The van der Waals surface area contributed by atoms with Gasteiger partial charge in [-0.2, -0.15) is 0 Å². The number of rotatable bonds is 7. The number of fused-ring (bicyclic) bond motifs is 1. The van der Waals surface area contributed by atoms with Gasteiger partial charge >= 0.3 is 0 Å². The van der Waals surface area contributed by atoms with Crippen LogP contribution in [0.1, 0.15) is 38.2 Å². The van der Waals surface area contributed by atoms with Crippen molar-refractivity contribution in [2.45, 2.75) is 39.0 Å². The summed E-state index contributed by atoms with van der Waals surface area (Å²) < 4.78 is 47.7. The summed E-state index contributed by atoms with van der Waals surface area (Å²) in [5.74, 6) is -2.65. The van der Waals surface area contributed by atoms with E-state index in [9.17, 15) is 8.78 Å². The minimum absolute atomic E-state index is 0.147. The summed E-state index contributed by atoms with van der Waals surface area (Å²) in [6.07, 6.45) is 5.69. The first-order chi connectivity index (χ1) is 13.0. The van der Waals surface area contributed by atoms with Crippen LogP contribution in [0.4, 0.5) is 13.2 Å².